The van der Waals surface area contributed by atoms with Gasteiger partial charge in [-0.3, -0.25) is 4.79 Å². The first-order chi connectivity index (χ1) is 11.6. The van der Waals surface area contributed by atoms with Crippen molar-refractivity contribution in [1.29, 1.82) is 0 Å². The molecule has 1 saturated heterocycles. The first-order valence-corrected chi connectivity index (χ1v) is 8.33. The Balaban J connectivity index is 1.61. The Labute approximate surface area is 149 Å². The second kappa shape index (κ2) is 7.79. The zero-order chi connectivity index (χ0) is 16.9. The van der Waals surface area contributed by atoms with Crippen molar-refractivity contribution in [3.63, 3.8) is 0 Å². The van der Waals surface area contributed by atoms with E-state index in [9.17, 15) is 4.79 Å². The number of hydrogen-bond acceptors (Lipinski definition) is 5. The maximum absolute atomic E-state index is 12.0. The molecule has 1 aliphatic rings. The predicted octanol–water partition coefficient (Wildman–Crippen LogP) is 3.44. The van der Waals surface area contributed by atoms with E-state index in [1.807, 2.05) is 0 Å². The van der Waals surface area contributed by atoms with Gasteiger partial charge in [0.2, 0.25) is 0 Å². The molecule has 0 radical (unpaired) electrons. The molecule has 1 amide bonds. The van der Waals surface area contributed by atoms with Gasteiger partial charge in [0, 0.05) is 13.2 Å². The number of hydrogen-bond donors (Lipinski definition) is 2. The molecule has 2 heterocycles. The topological polar surface area (TPSA) is 76.1 Å². The van der Waals surface area contributed by atoms with Crippen LogP contribution in [-0.2, 0) is 4.74 Å². The lowest BCUT2D eigenvalue weighted by Gasteiger charge is -2.11. The lowest BCUT2D eigenvalue weighted by atomic mass is 10.2. The van der Waals surface area contributed by atoms with Crippen LogP contribution in [0.25, 0.3) is 0 Å². The number of anilines is 2. The Morgan fingerprint density at radius 2 is 2.00 bits per heavy atom. The fourth-order valence-electron chi connectivity index (χ4n) is 2.37. The van der Waals surface area contributed by atoms with Crippen LogP contribution in [-0.4, -0.2) is 35.4 Å². The SMILES string of the molecule is O=C(NCC1CCCO1)c1ccc(Nc2c(Cl)cccc2Cl)nn1. The number of halogens is 2. The van der Waals surface area contributed by atoms with E-state index in [1.165, 1.54) is 0 Å². The summed E-state index contributed by atoms with van der Waals surface area (Å²) >= 11 is 12.2. The summed E-state index contributed by atoms with van der Waals surface area (Å²) in [5, 5.41) is 14.7. The molecule has 0 spiro atoms. The summed E-state index contributed by atoms with van der Waals surface area (Å²) in [6.45, 7) is 1.24. The van der Waals surface area contributed by atoms with Crippen LogP contribution in [0.15, 0.2) is 30.3 Å². The molecule has 6 nitrogen and oxygen atoms in total. The number of rotatable bonds is 5. The molecular weight excluding hydrogens is 351 g/mol. The van der Waals surface area contributed by atoms with Crippen LogP contribution in [0.5, 0.6) is 0 Å². The van der Waals surface area contributed by atoms with E-state index in [-0.39, 0.29) is 17.7 Å². The van der Waals surface area contributed by atoms with Crippen molar-refractivity contribution >= 4 is 40.6 Å². The Bertz CT molecular complexity index is 698. The normalized spacial score (nSPS) is 16.8. The number of nitrogens with zero attached hydrogens (tertiary/aromatic N) is 2. The molecule has 0 saturated carbocycles. The van der Waals surface area contributed by atoms with Crippen molar-refractivity contribution in [2.45, 2.75) is 18.9 Å². The molecule has 2 aromatic rings. The Hall–Kier alpha value is -1.89. The molecule has 3 rings (SSSR count). The molecule has 126 valence electrons. The van der Waals surface area contributed by atoms with E-state index in [2.05, 4.69) is 20.8 Å². The van der Waals surface area contributed by atoms with E-state index in [0.717, 1.165) is 19.4 Å². The zero-order valence-corrected chi connectivity index (χ0v) is 14.3. The third-order valence-electron chi connectivity index (χ3n) is 3.63. The van der Waals surface area contributed by atoms with Gasteiger partial charge in [-0.15, -0.1) is 10.2 Å². The monoisotopic (exact) mass is 366 g/mol. The lowest BCUT2D eigenvalue weighted by Crippen LogP contribution is -2.32. The van der Waals surface area contributed by atoms with E-state index < -0.39 is 0 Å². The third-order valence-corrected chi connectivity index (χ3v) is 4.26. The van der Waals surface area contributed by atoms with Gasteiger partial charge in [0.05, 0.1) is 21.8 Å². The zero-order valence-electron chi connectivity index (χ0n) is 12.8. The van der Waals surface area contributed by atoms with Crippen LogP contribution in [0.1, 0.15) is 23.3 Å². The van der Waals surface area contributed by atoms with Gasteiger partial charge in [-0.2, -0.15) is 0 Å². The minimum Gasteiger partial charge on any atom is -0.376 e. The summed E-state index contributed by atoms with van der Waals surface area (Å²) in [4.78, 5) is 12.0. The number of para-hydroxylation sites is 1. The molecule has 1 aliphatic heterocycles. The van der Waals surface area contributed by atoms with Gasteiger partial charge in [-0.05, 0) is 37.1 Å². The molecule has 1 atom stereocenters. The number of ether oxygens (including phenoxy) is 1. The van der Waals surface area contributed by atoms with Crippen molar-refractivity contribution in [2.24, 2.45) is 0 Å². The summed E-state index contributed by atoms with van der Waals surface area (Å²) < 4.78 is 5.46. The maximum Gasteiger partial charge on any atom is 0.271 e. The molecule has 1 unspecified atom stereocenters. The molecule has 1 aromatic carbocycles. The first kappa shape index (κ1) is 17.0. The van der Waals surface area contributed by atoms with Gasteiger partial charge in [-0.25, -0.2) is 0 Å². The Morgan fingerprint density at radius 1 is 1.21 bits per heavy atom. The second-order valence-electron chi connectivity index (χ2n) is 5.37. The van der Waals surface area contributed by atoms with Crippen LogP contribution in [0.2, 0.25) is 10.0 Å². The van der Waals surface area contributed by atoms with Gasteiger partial charge in [0.15, 0.2) is 11.5 Å². The molecular formula is C16H16Cl2N4O2. The Kier molecular flexibility index (Phi) is 5.50. The molecule has 0 aliphatic carbocycles. The highest BCUT2D eigenvalue weighted by molar-refractivity contribution is 6.39. The summed E-state index contributed by atoms with van der Waals surface area (Å²) in [5.41, 5.74) is 0.787. The maximum atomic E-state index is 12.0. The van der Waals surface area contributed by atoms with Crippen LogP contribution >= 0.6 is 23.2 Å². The van der Waals surface area contributed by atoms with Crippen LogP contribution in [0.4, 0.5) is 11.5 Å². The smallest absolute Gasteiger partial charge is 0.271 e. The standard InChI is InChI=1S/C16H16Cl2N4O2/c17-11-4-1-5-12(18)15(11)20-14-7-6-13(21-22-14)16(23)19-9-10-3-2-8-24-10/h1,4-7,10H,2-3,8-9H2,(H,19,23)(H,20,22). The van der Waals surface area contributed by atoms with Crippen LogP contribution in [0, 0.1) is 0 Å². The number of carbonyl (C=O) groups excluding carboxylic acids is 1. The van der Waals surface area contributed by atoms with Gasteiger partial charge in [-0.1, -0.05) is 29.3 Å². The molecule has 1 fully saturated rings. The van der Waals surface area contributed by atoms with E-state index in [0.29, 0.717) is 28.1 Å². The fraction of sp³-hybridized carbons (Fsp3) is 0.312. The van der Waals surface area contributed by atoms with Crippen LogP contribution in [0.3, 0.4) is 0 Å². The Morgan fingerprint density at radius 3 is 2.62 bits per heavy atom. The van der Waals surface area contributed by atoms with Gasteiger partial charge < -0.3 is 15.4 Å². The number of amides is 1. The van der Waals surface area contributed by atoms with Crippen molar-refractivity contribution in [2.75, 3.05) is 18.5 Å². The minimum absolute atomic E-state index is 0.0882. The minimum atomic E-state index is -0.277. The van der Waals surface area contributed by atoms with Gasteiger partial charge >= 0.3 is 0 Å². The van der Waals surface area contributed by atoms with Crippen LogP contribution < -0.4 is 10.6 Å². The summed E-state index contributed by atoms with van der Waals surface area (Å²) in [7, 11) is 0. The lowest BCUT2D eigenvalue weighted by molar-refractivity contribution is 0.0853. The molecule has 8 heteroatoms. The average Bonchev–Trinajstić information content (AvgIpc) is 3.10. The molecule has 2 N–H and O–H groups in total. The summed E-state index contributed by atoms with van der Waals surface area (Å²) in [5.74, 6) is 0.168. The number of benzene rings is 1. The highest BCUT2D eigenvalue weighted by atomic mass is 35.5. The fourth-order valence-corrected chi connectivity index (χ4v) is 2.86. The van der Waals surface area contributed by atoms with E-state index in [4.69, 9.17) is 27.9 Å². The van der Waals surface area contributed by atoms with Gasteiger partial charge in [0.25, 0.3) is 5.91 Å². The predicted molar refractivity (Wildman–Crippen MR) is 93.1 cm³/mol. The quantitative estimate of drug-likeness (QED) is 0.847. The van der Waals surface area contributed by atoms with Gasteiger partial charge in [0.1, 0.15) is 0 Å². The average molecular weight is 367 g/mol. The van der Waals surface area contributed by atoms with Crippen molar-refractivity contribution < 1.29 is 9.53 Å². The second-order valence-corrected chi connectivity index (χ2v) is 6.18. The summed E-state index contributed by atoms with van der Waals surface area (Å²) in [6.07, 6.45) is 2.09. The van der Waals surface area contributed by atoms with Crippen molar-refractivity contribution in [3.05, 3.63) is 46.1 Å². The molecule has 1 aromatic heterocycles. The van der Waals surface area contributed by atoms with E-state index in [1.54, 1.807) is 30.3 Å². The highest BCUT2D eigenvalue weighted by Gasteiger charge is 2.17. The largest absolute Gasteiger partial charge is 0.376 e. The number of aromatic nitrogens is 2. The number of carbonyl (C=O) groups is 1. The first-order valence-electron chi connectivity index (χ1n) is 7.58. The van der Waals surface area contributed by atoms with Crippen molar-refractivity contribution in [1.82, 2.24) is 15.5 Å². The number of nitrogens with one attached hydrogen (secondary N) is 2. The van der Waals surface area contributed by atoms with E-state index >= 15 is 0 Å². The third kappa shape index (κ3) is 4.14. The highest BCUT2D eigenvalue weighted by Crippen LogP contribution is 2.31. The summed E-state index contributed by atoms with van der Waals surface area (Å²) in [6, 6.07) is 8.42. The molecule has 0 bridgehead atoms. The molecule has 24 heavy (non-hydrogen) atoms. The van der Waals surface area contributed by atoms with Crippen molar-refractivity contribution in [3.8, 4) is 0 Å².